The molecule has 2 heterocycles. The second-order valence-electron chi connectivity index (χ2n) is 7.77. The van der Waals surface area contributed by atoms with Crippen molar-refractivity contribution >= 4 is 27.5 Å². The fourth-order valence-corrected chi connectivity index (χ4v) is 5.74. The second kappa shape index (κ2) is 8.54. The molecule has 0 saturated carbocycles. The lowest BCUT2D eigenvalue weighted by Gasteiger charge is -2.17. The van der Waals surface area contributed by atoms with Crippen molar-refractivity contribution in [3.8, 4) is 16.9 Å². The van der Waals surface area contributed by atoms with Gasteiger partial charge in [-0.25, -0.2) is 4.98 Å². The number of carboxylic acid groups (broad SMARTS) is 1. The van der Waals surface area contributed by atoms with Gasteiger partial charge in [0.1, 0.15) is 10.6 Å². The number of unbranched alkanes of at least 4 members (excludes halogenated alkanes) is 1. The molecule has 0 amide bonds. The van der Waals surface area contributed by atoms with Crippen molar-refractivity contribution in [2.45, 2.75) is 58.3 Å². The number of carboxylic acids is 1. The standard InChI is InChI=1S/C24H27NO3S/c1-15-18(10-4-6-13-21(26)27)22(16-8-7-9-17(14-16)28-2)23-19-11-3-5-12-20(19)29-24(23)25-15/h7-9,14H,3-6,10-13H2,1-2H3,(H,26,27). The lowest BCUT2D eigenvalue weighted by atomic mass is 9.88. The van der Waals surface area contributed by atoms with Crippen molar-refractivity contribution in [2.24, 2.45) is 0 Å². The van der Waals surface area contributed by atoms with E-state index in [9.17, 15) is 4.79 Å². The summed E-state index contributed by atoms with van der Waals surface area (Å²) in [5, 5.41) is 10.3. The first-order valence-corrected chi connectivity index (χ1v) is 11.2. The van der Waals surface area contributed by atoms with E-state index in [1.807, 2.05) is 23.5 Å². The Hall–Kier alpha value is -2.40. The number of benzene rings is 1. The Bertz CT molecular complexity index is 1050. The van der Waals surface area contributed by atoms with E-state index < -0.39 is 5.97 Å². The first-order chi connectivity index (χ1) is 14.1. The fourth-order valence-electron chi connectivity index (χ4n) is 4.42. The minimum atomic E-state index is -0.727. The SMILES string of the molecule is COc1cccc(-c2c(CCCCC(=O)O)c(C)nc3sc4c(c23)CCCC4)c1. The van der Waals surface area contributed by atoms with Crippen LogP contribution in [0.5, 0.6) is 5.75 Å². The molecule has 0 saturated heterocycles. The number of aliphatic carboxylic acids is 1. The number of rotatable bonds is 7. The number of aromatic nitrogens is 1. The summed E-state index contributed by atoms with van der Waals surface area (Å²) in [6.45, 7) is 2.09. The summed E-state index contributed by atoms with van der Waals surface area (Å²) >= 11 is 1.85. The van der Waals surface area contributed by atoms with Gasteiger partial charge in [-0.05, 0) is 86.3 Å². The van der Waals surface area contributed by atoms with E-state index in [1.165, 1.54) is 45.4 Å². The number of hydrogen-bond donors (Lipinski definition) is 1. The minimum Gasteiger partial charge on any atom is -0.497 e. The van der Waals surface area contributed by atoms with Crippen LogP contribution in [0.4, 0.5) is 0 Å². The van der Waals surface area contributed by atoms with E-state index in [4.69, 9.17) is 14.8 Å². The third-order valence-electron chi connectivity index (χ3n) is 5.84. The molecule has 5 heteroatoms. The smallest absolute Gasteiger partial charge is 0.303 e. The maximum Gasteiger partial charge on any atom is 0.303 e. The molecule has 4 rings (SSSR count). The summed E-state index contributed by atoms with van der Waals surface area (Å²) in [6.07, 6.45) is 7.37. The van der Waals surface area contributed by atoms with Crippen LogP contribution in [-0.4, -0.2) is 23.2 Å². The Morgan fingerprint density at radius 2 is 2.07 bits per heavy atom. The summed E-state index contributed by atoms with van der Waals surface area (Å²) in [4.78, 5) is 18.5. The average Bonchev–Trinajstić information content (AvgIpc) is 3.08. The Morgan fingerprint density at radius 3 is 2.86 bits per heavy atom. The summed E-state index contributed by atoms with van der Waals surface area (Å²) in [7, 11) is 1.70. The molecule has 152 valence electrons. The van der Waals surface area contributed by atoms with Crippen molar-refractivity contribution in [1.82, 2.24) is 4.98 Å². The van der Waals surface area contributed by atoms with E-state index >= 15 is 0 Å². The highest BCUT2D eigenvalue weighted by molar-refractivity contribution is 7.19. The zero-order valence-corrected chi connectivity index (χ0v) is 17.9. The lowest BCUT2D eigenvalue weighted by Crippen LogP contribution is -2.03. The van der Waals surface area contributed by atoms with Crippen molar-refractivity contribution in [3.05, 3.63) is 46.0 Å². The van der Waals surface area contributed by atoms with Crippen LogP contribution in [0.25, 0.3) is 21.3 Å². The molecular weight excluding hydrogens is 382 g/mol. The normalized spacial score (nSPS) is 13.4. The Balaban J connectivity index is 1.88. The lowest BCUT2D eigenvalue weighted by molar-refractivity contribution is -0.137. The van der Waals surface area contributed by atoms with Crippen LogP contribution in [0.2, 0.25) is 0 Å². The molecule has 0 radical (unpaired) electrons. The molecule has 0 aliphatic heterocycles. The number of pyridine rings is 1. The molecule has 1 aliphatic carbocycles. The highest BCUT2D eigenvalue weighted by Crippen LogP contribution is 2.43. The predicted octanol–water partition coefficient (Wildman–Crippen LogP) is 5.96. The van der Waals surface area contributed by atoms with Crippen LogP contribution in [0.15, 0.2) is 24.3 Å². The first kappa shape index (κ1) is 19.9. The van der Waals surface area contributed by atoms with Crippen LogP contribution < -0.4 is 4.74 Å². The van der Waals surface area contributed by atoms with Crippen molar-refractivity contribution < 1.29 is 14.6 Å². The number of fused-ring (bicyclic) bond motifs is 3. The molecule has 0 bridgehead atoms. The Labute approximate surface area is 175 Å². The van der Waals surface area contributed by atoms with Crippen LogP contribution in [0, 0.1) is 6.92 Å². The van der Waals surface area contributed by atoms with Crippen LogP contribution in [-0.2, 0) is 24.1 Å². The zero-order chi connectivity index (χ0) is 20.4. The van der Waals surface area contributed by atoms with E-state index in [0.717, 1.165) is 42.0 Å². The largest absolute Gasteiger partial charge is 0.497 e. The highest BCUT2D eigenvalue weighted by atomic mass is 32.1. The number of ether oxygens (including phenoxy) is 1. The van der Waals surface area contributed by atoms with Gasteiger partial charge in [0.25, 0.3) is 0 Å². The summed E-state index contributed by atoms with van der Waals surface area (Å²) in [5.74, 6) is 0.126. The third kappa shape index (κ3) is 4.01. The molecule has 1 aliphatic rings. The van der Waals surface area contributed by atoms with Gasteiger partial charge in [0.15, 0.2) is 0 Å². The van der Waals surface area contributed by atoms with E-state index in [2.05, 4.69) is 19.1 Å². The highest BCUT2D eigenvalue weighted by Gasteiger charge is 2.23. The molecule has 0 fully saturated rings. The molecule has 1 N–H and O–H groups in total. The molecule has 3 aromatic rings. The summed E-state index contributed by atoms with van der Waals surface area (Å²) < 4.78 is 5.50. The van der Waals surface area contributed by atoms with Crippen molar-refractivity contribution in [3.63, 3.8) is 0 Å². The molecule has 2 aromatic heterocycles. The van der Waals surface area contributed by atoms with Gasteiger partial charge < -0.3 is 9.84 Å². The quantitative estimate of drug-likeness (QED) is 0.489. The van der Waals surface area contributed by atoms with Gasteiger partial charge in [-0.2, -0.15) is 0 Å². The molecular formula is C24H27NO3S. The second-order valence-corrected chi connectivity index (χ2v) is 8.86. The summed E-state index contributed by atoms with van der Waals surface area (Å²) in [5.41, 5.74) is 6.24. The van der Waals surface area contributed by atoms with Gasteiger partial charge in [0, 0.05) is 22.4 Å². The molecule has 0 unspecified atom stereocenters. The van der Waals surface area contributed by atoms with Gasteiger partial charge in [0.05, 0.1) is 7.11 Å². The number of carbonyl (C=O) groups is 1. The molecule has 4 nitrogen and oxygen atoms in total. The number of aryl methyl sites for hydroxylation is 3. The molecule has 0 spiro atoms. The molecule has 29 heavy (non-hydrogen) atoms. The predicted molar refractivity (Wildman–Crippen MR) is 118 cm³/mol. The maximum atomic E-state index is 10.9. The van der Waals surface area contributed by atoms with E-state index in [-0.39, 0.29) is 6.42 Å². The topological polar surface area (TPSA) is 59.4 Å². The van der Waals surface area contributed by atoms with E-state index in [1.54, 1.807) is 7.11 Å². The van der Waals surface area contributed by atoms with Crippen LogP contribution in [0.3, 0.4) is 0 Å². The maximum absolute atomic E-state index is 10.9. The van der Waals surface area contributed by atoms with Crippen LogP contribution in [0.1, 0.15) is 53.8 Å². The van der Waals surface area contributed by atoms with Gasteiger partial charge in [0.2, 0.25) is 0 Å². The number of nitrogens with zero attached hydrogens (tertiary/aromatic N) is 1. The third-order valence-corrected chi connectivity index (χ3v) is 7.02. The Kier molecular flexibility index (Phi) is 5.86. The Morgan fingerprint density at radius 1 is 1.24 bits per heavy atom. The van der Waals surface area contributed by atoms with Crippen molar-refractivity contribution in [1.29, 1.82) is 0 Å². The van der Waals surface area contributed by atoms with Gasteiger partial charge >= 0.3 is 5.97 Å². The summed E-state index contributed by atoms with van der Waals surface area (Å²) in [6, 6.07) is 8.29. The monoisotopic (exact) mass is 409 g/mol. The van der Waals surface area contributed by atoms with Crippen molar-refractivity contribution in [2.75, 3.05) is 7.11 Å². The zero-order valence-electron chi connectivity index (χ0n) is 17.1. The number of methoxy groups -OCH3 is 1. The number of thiophene rings is 1. The van der Waals surface area contributed by atoms with Crippen LogP contribution >= 0.6 is 11.3 Å². The average molecular weight is 410 g/mol. The first-order valence-electron chi connectivity index (χ1n) is 10.4. The van der Waals surface area contributed by atoms with Gasteiger partial charge in [-0.3, -0.25) is 4.79 Å². The van der Waals surface area contributed by atoms with Gasteiger partial charge in [-0.15, -0.1) is 11.3 Å². The molecule has 0 atom stereocenters. The number of hydrogen-bond acceptors (Lipinski definition) is 4. The minimum absolute atomic E-state index is 0.219. The molecule has 1 aromatic carbocycles. The van der Waals surface area contributed by atoms with E-state index in [0.29, 0.717) is 6.42 Å². The fraction of sp³-hybridized carbons (Fsp3) is 0.417. The van der Waals surface area contributed by atoms with Gasteiger partial charge in [-0.1, -0.05) is 12.1 Å².